The van der Waals surface area contributed by atoms with Gasteiger partial charge >= 0.3 is 0 Å². The number of nitrogens with zero attached hydrogens (tertiary/aromatic N) is 5. The lowest BCUT2D eigenvalue weighted by Gasteiger charge is -2.33. The summed E-state index contributed by atoms with van der Waals surface area (Å²) < 4.78 is 22.7. The number of carbonyl (C=O) groups is 1. The van der Waals surface area contributed by atoms with Crippen molar-refractivity contribution in [2.75, 3.05) is 45.4 Å². The monoisotopic (exact) mass is 469 g/mol. The highest BCUT2D eigenvalue weighted by Gasteiger charge is 2.36. The Labute approximate surface area is 199 Å². The summed E-state index contributed by atoms with van der Waals surface area (Å²) in [5.41, 5.74) is 2.79. The van der Waals surface area contributed by atoms with Crippen molar-refractivity contribution < 1.29 is 23.7 Å². The average molecular weight is 470 g/mol. The maximum absolute atomic E-state index is 13.2. The van der Waals surface area contributed by atoms with Crippen LogP contribution in [0.15, 0.2) is 18.6 Å². The number of carbonyl (C=O) groups excluding carboxylic acids is 1. The van der Waals surface area contributed by atoms with Gasteiger partial charge in [-0.05, 0) is 19.3 Å². The summed E-state index contributed by atoms with van der Waals surface area (Å²) in [7, 11) is 3.22. The maximum atomic E-state index is 13.2. The molecule has 3 aliphatic rings. The van der Waals surface area contributed by atoms with Crippen LogP contribution in [0.1, 0.15) is 36.9 Å². The molecule has 0 N–H and O–H groups in total. The van der Waals surface area contributed by atoms with Gasteiger partial charge in [0.2, 0.25) is 17.7 Å². The largest absolute Gasteiger partial charge is 0.494 e. The standard InChI is InChI=1S/C24H31N5O5/c1-31-20-12-21(32-2)25-13-19(20)28-9-5-18-17(14-28)23(27-15-26-18)34-22-4-3-8-29(22)24(30)16-6-10-33-11-7-16/h12-13,15-16,22H,3-11,14H2,1-2H3/t22-/m0/s1. The Kier molecular flexibility index (Phi) is 6.66. The highest BCUT2D eigenvalue weighted by molar-refractivity contribution is 5.79. The van der Waals surface area contributed by atoms with E-state index in [9.17, 15) is 4.79 Å². The normalized spacial score (nSPS) is 20.7. The molecule has 1 atom stereocenters. The van der Waals surface area contributed by atoms with Crippen molar-refractivity contribution in [2.45, 2.75) is 44.9 Å². The van der Waals surface area contributed by atoms with Crippen molar-refractivity contribution in [1.29, 1.82) is 0 Å². The van der Waals surface area contributed by atoms with Crippen molar-refractivity contribution in [3.63, 3.8) is 0 Å². The molecule has 0 aliphatic carbocycles. The van der Waals surface area contributed by atoms with Crippen LogP contribution < -0.4 is 19.1 Å². The zero-order valence-electron chi connectivity index (χ0n) is 19.7. The van der Waals surface area contributed by atoms with Crippen LogP contribution >= 0.6 is 0 Å². The average Bonchev–Trinajstić information content (AvgIpc) is 3.36. The zero-order chi connectivity index (χ0) is 23.5. The van der Waals surface area contributed by atoms with Gasteiger partial charge < -0.3 is 28.7 Å². The minimum atomic E-state index is -0.304. The van der Waals surface area contributed by atoms with E-state index in [1.807, 2.05) is 4.90 Å². The van der Waals surface area contributed by atoms with Crippen molar-refractivity contribution in [1.82, 2.24) is 19.9 Å². The number of aromatic nitrogens is 3. The molecule has 2 aromatic rings. The van der Waals surface area contributed by atoms with E-state index in [0.29, 0.717) is 37.3 Å². The molecule has 0 radical (unpaired) electrons. The van der Waals surface area contributed by atoms with Gasteiger partial charge in [-0.2, -0.15) is 0 Å². The van der Waals surface area contributed by atoms with Crippen molar-refractivity contribution in [3.05, 3.63) is 29.8 Å². The van der Waals surface area contributed by atoms with Crippen LogP contribution in [0.3, 0.4) is 0 Å². The smallest absolute Gasteiger partial charge is 0.228 e. The predicted octanol–water partition coefficient (Wildman–Crippen LogP) is 2.21. The summed E-state index contributed by atoms with van der Waals surface area (Å²) in [5.74, 6) is 1.93. The van der Waals surface area contributed by atoms with Crippen LogP contribution in [-0.4, -0.2) is 72.5 Å². The predicted molar refractivity (Wildman–Crippen MR) is 123 cm³/mol. The number of pyridine rings is 1. The lowest BCUT2D eigenvalue weighted by molar-refractivity contribution is -0.144. The molecular weight excluding hydrogens is 438 g/mol. The Morgan fingerprint density at radius 3 is 2.74 bits per heavy atom. The SMILES string of the molecule is COc1cc(OC)c(N2CCc3ncnc(O[C@H]4CCCN4C(=O)C4CCOCC4)c3C2)cn1. The molecule has 2 saturated heterocycles. The number of likely N-dealkylation sites (tertiary alicyclic amines) is 1. The van der Waals surface area contributed by atoms with E-state index < -0.39 is 0 Å². The second kappa shape index (κ2) is 10.0. The second-order valence-corrected chi connectivity index (χ2v) is 8.81. The molecular formula is C24H31N5O5. The number of rotatable bonds is 6. The Balaban J connectivity index is 1.35. The first-order valence-corrected chi connectivity index (χ1v) is 11.9. The molecule has 0 spiro atoms. The van der Waals surface area contributed by atoms with Crippen LogP contribution in [0.5, 0.6) is 17.5 Å². The molecule has 0 unspecified atom stereocenters. The number of anilines is 1. The Hall–Kier alpha value is -3.14. The molecule has 3 aliphatic heterocycles. The lowest BCUT2D eigenvalue weighted by atomic mass is 9.99. The summed E-state index contributed by atoms with van der Waals surface area (Å²) in [6.45, 7) is 3.35. The van der Waals surface area contributed by atoms with Gasteiger partial charge in [-0.15, -0.1) is 0 Å². The third-order valence-corrected chi connectivity index (χ3v) is 6.85. The molecule has 2 aromatic heterocycles. The Morgan fingerprint density at radius 2 is 1.94 bits per heavy atom. The van der Waals surface area contributed by atoms with Crippen molar-refractivity contribution >= 4 is 11.6 Å². The highest BCUT2D eigenvalue weighted by Crippen LogP contribution is 2.36. The Bertz CT molecular complexity index is 1030. The molecule has 0 bridgehead atoms. The lowest BCUT2D eigenvalue weighted by Crippen LogP contribution is -2.44. The van der Waals surface area contributed by atoms with Gasteiger partial charge in [-0.25, -0.2) is 15.0 Å². The summed E-state index contributed by atoms with van der Waals surface area (Å²) in [4.78, 5) is 30.6. The van der Waals surface area contributed by atoms with Gasteiger partial charge in [0.15, 0.2) is 6.23 Å². The number of hydrogen-bond donors (Lipinski definition) is 0. The van der Waals surface area contributed by atoms with Gasteiger partial charge in [-0.3, -0.25) is 4.79 Å². The van der Waals surface area contributed by atoms with Crippen LogP contribution in [0.2, 0.25) is 0 Å². The van der Waals surface area contributed by atoms with Crippen molar-refractivity contribution in [3.8, 4) is 17.5 Å². The fraction of sp³-hybridized carbons (Fsp3) is 0.583. The van der Waals surface area contributed by atoms with E-state index in [-0.39, 0.29) is 18.1 Å². The van der Waals surface area contributed by atoms with E-state index in [1.54, 1.807) is 32.8 Å². The topological polar surface area (TPSA) is 99.1 Å². The van der Waals surface area contributed by atoms with Crippen molar-refractivity contribution in [2.24, 2.45) is 5.92 Å². The molecule has 5 heterocycles. The van der Waals surface area contributed by atoms with Gasteiger partial charge in [-0.1, -0.05) is 0 Å². The van der Waals surface area contributed by atoms with Crippen LogP contribution in [0, 0.1) is 5.92 Å². The number of hydrogen-bond acceptors (Lipinski definition) is 9. The third kappa shape index (κ3) is 4.46. The first kappa shape index (κ1) is 22.6. The molecule has 2 fully saturated rings. The third-order valence-electron chi connectivity index (χ3n) is 6.85. The first-order valence-electron chi connectivity index (χ1n) is 11.9. The van der Waals surface area contributed by atoms with Crippen LogP contribution in [0.25, 0.3) is 0 Å². The summed E-state index contributed by atoms with van der Waals surface area (Å²) in [6.07, 6.45) is 7.04. The Morgan fingerprint density at radius 1 is 1.09 bits per heavy atom. The maximum Gasteiger partial charge on any atom is 0.228 e. The van der Waals surface area contributed by atoms with E-state index in [2.05, 4.69) is 19.9 Å². The van der Waals surface area contributed by atoms with Crippen LogP contribution in [-0.2, 0) is 22.5 Å². The molecule has 34 heavy (non-hydrogen) atoms. The molecule has 1 amide bonds. The van der Waals surface area contributed by atoms with E-state index >= 15 is 0 Å². The molecule has 0 saturated carbocycles. The molecule has 10 heteroatoms. The highest BCUT2D eigenvalue weighted by atomic mass is 16.5. The molecule has 182 valence electrons. The number of amides is 1. The zero-order valence-corrected chi connectivity index (χ0v) is 19.7. The van der Waals surface area contributed by atoms with Gasteiger partial charge in [0.1, 0.15) is 12.1 Å². The van der Waals surface area contributed by atoms with E-state index in [0.717, 1.165) is 62.1 Å². The summed E-state index contributed by atoms with van der Waals surface area (Å²) in [5, 5.41) is 0. The fourth-order valence-electron chi connectivity index (χ4n) is 4.97. The van der Waals surface area contributed by atoms with E-state index in [4.69, 9.17) is 18.9 Å². The fourth-order valence-corrected chi connectivity index (χ4v) is 4.97. The molecule has 5 rings (SSSR count). The van der Waals surface area contributed by atoms with E-state index in [1.165, 1.54) is 0 Å². The molecule has 10 nitrogen and oxygen atoms in total. The molecule has 0 aromatic carbocycles. The van der Waals surface area contributed by atoms with Crippen LogP contribution in [0.4, 0.5) is 5.69 Å². The number of fused-ring (bicyclic) bond motifs is 1. The second-order valence-electron chi connectivity index (χ2n) is 8.81. The number of methoxy groups -OCH3 is 2. The first-order chi connectivity index (χ1) is 16.7. The number of ether oxygens (including phenoxy) is 4. The summed E-state index contributed by atoms with van der Waals surface area (Å²) in [6, 6.07) is 1.78. The van der Waals surface area contributed by atoms with Gasteiger partial charge in [0.25, 0.3) is 0 Å². The van der Waals surface area contributed by atoms with Gasteiger partial charge in [0, 0.05) is 51.1 Å². The quantitative estimate of drug-likeness (QED) is 0.630. The minimum Gasteiger partial charge on any atom is -0.494 e. The summed E-state index contributed by atoms with van der Waals surface area (Å²) >= 11 is 0. The minimum absolute atomic E-state index is 0.0165. The van der Waals surface area contributed by atoms with Gasteiger partial charge in [0.05, 0.1) is 43.9 Å².